The molecule has 2 heterocycles. The van der Waals surface area contributed by atoms with Gasteiger partial charge in [0.2, 0.25) is 5.91 Å². The molecule has 7 nitrogen and oxygen atoms in total. The van der Waals surface area contributed by atoms with Crippen LogP contribution in [0.4, 0.5) is 17.3 Å². The highest BCUT2D eigenvalue weighted by Gasteiger charge is 2.23. The first-order valence-electron chi connectivity index (χ1n) is 9.16. The number of nitrogens with zero attached hydrogens (tertiary/aromatic N) is 4. The molecule has 2 aromatic rings. The van der Waals surface area contributed by atoms with Crippen LogP contribution in [0.5, 0.6) is 5.75 Å². The fraction of sp³-hybridized carbons (Fsp3) is 0.450. The van der Waals surface area contributed by atoms with Crippen molar-refractivity contribution < 1.29 is 9.53 Å². The molecule has 1 fully saturated rings. The topological polar surface area (TPSA) is 70.6 Å². The van der Waals surface area contributed by atoms with E-state index in [-0.39, 0.29) is 5.91 Å². The van der Waals surface area contributed by atoms with Gasteiger partial charge in [-0.25, -0.2) is 0 Å². The summed E-state index contributed by atoms with van der Waals surface area (Å²) in [6.45, 7) is 9.05. The Bertz CT molecular complexity index is 778. The highest BCUT2D eigenvalue weighted by Crippen LogP contribution is 2.29. The zero-order valence-corrected chi connectivity index (χ0v) is 16.4. The summed E-state index contributed by atoms with van der Waals surface area (Å²) in [6.07, 6.45) is 0. The number of methoxy groups -OCH3 is 1. The minimum absolute atomic E-state index is 0.0741. The third kappa shape index (κ3) is 4.48. The fourth-order valence-corrected chi connectivity index (χ4v) is 2.93. The summed E-state index contributed by atoms with van der Waals surface area (Å²) >= 11 is 0. The summed E-state index contributed by atoms with van der Waals surface area (Å²) in [5.74, 6) is 2.12. The van der Waals surface area contributed by atoms with E-state index in [2.05, 4.69) is 31.4 Å². The van der Waals surface area contributed by atoms with E-state index in [0.717, 1.165) is 43.4 Å². The van der Waals surface area contributed by atoms with Gasteiger partial charge in [-0.2, -0.15) is 0 Å². The summed E-state index contributed by atoms with van der Waals surface area (Å²) in [4.78, 5) is 16.6. The van der Waals surface area contributed by atoms with E-state index < -0.39 is 5.41 Å². The molecule has 1 aliphatic rings. The zero-order chi connectivity index (χ0) is 19.4. The third-order valence-corrected chi connectivity index (χ3v) is 4.60. The predicted octanol–water partition coefficient (Wildman–Crippen LogP) is 2.80. The van der Waals surface area contributed by atoms with E-state index >= 15 is 0 Å². The van der Waals surface area contributed by atoms with E-state index in [9.17, 15) is 4.79 Å². The van der Waals surface area contributed by atoms with Crippen LogP contribution >= 0.6 is 0 Å². The minimum atomic E-state index is -0.463. The Labute approximate surface area is 160 Å². The maximum atomic E-state index is 12.0. The molecule has 1 saturated heterocycles. The lowest BCUT2D eigenvalue weighted by Crippen LogP contribution is -2.47. The summed E-state index contributed by atoms with van der Waals surface area (Å²) in [5.41, 5.74) is 0.654. The molecule has 7 heteroatoms. The van der Waals surface area contributed by atoms with Crippen molar-refractivity contribution in [3.63, 3.8) is 0 Å². The average molecular weight is 369 g/mol. The largest absolute Gasteiger partial charge is 0.495 e. The smallest absolute Gasteiger partial charge is 0.230 e. The Morgan fingerprint density at radius 1 is 1.00 bits per heavy atom. The highest BCUT2D eigenvalue weighted by atomic mass is 16.5. The molecule has 0 saturated carbocycles. The van der Waals surface area contributed by atoms with Gasteiger partial charge < -0.3 is 19.9 Å². The van der Waals surface area contributed by atoms with Crippen LogP contribution in [0.25, 0.3) is 0 Å². The molecule has 0 unspecified atom stereocenters. The summed E-state index contributed by atoms with van der Waals surface area (Å²) in [5, 5.41) is 11.2. The Morgan fingerprint density at radius 3 is 2.26 bits per heavy atom. The van der Waals surface area contributed by atoms with E-state index in [1.54, 1.807) is 13.2 Å². The van der Waals surface area contributed by atoms with Crippen LogP contribution in [-0.4, -0.2) is 49.4 Å². The van der Waals surface area contributed by atoms with Crippen LogP contribution in [0.15, 0.2) is 36.4 Å². The van der Waals surface area contributed by atoms with Crippen molar-refractivity contribution >= 4 is 23.2 Å². The van der Waals surface area contributed by atoms with Gasteiger partial charge in [-0.1, -0.05) is 32.9 Å². The number of ether oxygens (including phenoxy) is 1. The zero-order valence-electron chi connectivity index (χ0n) is 16.4. The molecule has 27 heavy (non-hydrogen) atoms. The van der Waals surface area contributed by atoms with Crippen molar-refractivity contribution in [1.29, 1.82) is 0 Å². The third-order valence-electron chi connectivity index (χ3n) is 4.60. The number of anilines is 3. The van der Waals surface area contributed by atoms with Crippen LogP contribution < -0.4 is 19.9 Å². The molecular formula is C20H27N5O2. The first-order valence-corrected chi connectivity index (χ1v) is 9.16. The van der Waals surface area contributed by atoms with Crippen LogP contribution in [0.2, 0.25) is 0 Å². The number of carbonyl (C=O) groups excluding carboxylic acids is 1. The molecule has 0 spiro atoms. The van der Waals surface area contributed by atoms with Gasteiger partial charge >= 0.3 is 0 Å². The normalized spacial score (nSPS) is 14.8. The lowest BCUT2D eigenvalue weighted by Gasteiger charge is -2.37. The van der Waals surface area contributed by atoms with Gasteiger partial charge in [0.15, 0.2) is 11.6 Å². The molecule has 3 rings (SSSR count). The number of amides is 1. The number of nitrogens with one attached hydrogen (secondary N) is 1. The minimum Gasteiger partial charge on any atom is -0.495 e. The number of hydrogen-bond donors (Lipinski definition) is 1. The molecule has 1 aliphatic heterocycles. The van der Waals surface area contributed by atoms with Crippen LogP contribution in [0, 0.1) is 5.41 Å². The molecule has 1 aromatic carbocycles. The van der Waals surface area contributed by atoms with E-state index in [4.69, 9.17) is 4.74 Å². The monoisotopic (exact) mass is 369 g/mol. The Hall–Kier alpha value is -2.83. The Balaban J connectivity index is 1.60. The van der Waals surface area contributed by atoms with Crippen molar-refractivity contribution in [2.75, 3.05) is 48.4 Å². The molecule has 144 valence electrons. The number of benzene rings is 1. The first-order chi connectivity index (χ1) is 12.9. The molecule has 0 atom stereocenters. The fourth-order valence-electron chi connectivity index (χ4n) is 2.93. The van der Waals surface area contributed by atoms with E-state index in [1.807, 2.05) is 45.0 Å². The number of piperazine rings is 1. The summed E-state index contributed by atoms with van der Waals surface area (Å²) < 4.78 is 5.47. The standard InChI is InChI=1S/C20H27N5O2/c1-20(2,3)19(26)21-17-9-10-18(23-22-17)25-13-11-24(12-14-25)15-7-5-6-8-16(15)27-4/h5-10H,11-14H2,1-4H3,(H,21,22,26). The van der Waals surface area contributed by atoms with Gasteiger partial charge in [0.1, 0.15) is 5.75 Å². The second kappa shape index (κ2) is 7.82. The molecule has 0 radical (unpaired) electrons. The molecular weight excluding hydrogens is 342 g/mol. The van der Waals surface area contributed by atoms with Crippen molar-refractivity contribution in [2.24, 2.45) is 5.41 Å². The second-order valence-corrected chi connectivity index (χ2v) is 7.63. The quantitative estimate of drug-likeness (QED) is 0.894. The lowest BCUT2D eigenvalue weighted by atomic mass is 9.96. The van der Waals surface area contributed by atoms with Gasteiger partial charge in [0.05, 0.1) is 12.8 Å². The molecule has 1 aromatic heterocycles. The van der Waals surface area contributed by atoms with E-state index in [0.29, 0.717) is 5.82 Å². The molecule has 1 N–H and O–H groups in total. The van der Waals surface area contributed by atoms with Gasteiger partial charge in [0, 0.05) is 31.6 Å². The van der Waals surface area contributed by atoms with Crippen LogP contribution in [0.3, 0.4) is 0 Å². The number of para-hydroxylation sites is 2. The number of aromatic nitrogens is 2. The second-order valence-electron chi connectivity index (χ2n) is 7.63. The Morgan fingerprint density at radius 2 is 1.67 bits per heavy atom. The van der Waals surface area contributed by atoms with Gasteiger partial charge in [-0.05, 0) is 24.3 Å². The van der Waals surface area contributed by atoms with Crippen LogP contribution in [0.1, 0.15) is 20.8 Å². The highest BCUT2D eigenvalue weighted by molar-refractivity contribution is 5.93. The van der Waals surface area contributed by atoms with Crippen LogP contribution in [-0.2, 0) is 4.79 Å². The maximum absolute atomic E-state index is 12.0. The van der Waals surface area contributed by atoms with E-state index in [1.165, 1.54) is 0 Å². The van der Waals surface area contributed by atoms with Crippen molar-refractivity contribution in [2.45, 2.75) is 20.8 Å². The summed E-state index contributed by atoms with van der Waals surface area (Å²) in [6, 6.07) is 11.8. The van der Waals surface area contributed by atoms with Gasteiger partial charge in [-0.15, -0.1) is 10.2 Å². The Kier molecular flexibility index (Phi) is 5.48. The maximum Gasteiger partial charge on any atom is 0.230 e. The van der Waals surface area contributed by atoms with Crippen molar-refractivity contribution in [3.8, 4) is 5.75 Å². The van der Waals surface area contributed by atoms with Gasteiger partial charge in [0.25, 0.3) is 0 Å². The number of rotatable bonds is 4. The van der Waals surface area contributed by atoms with Crippen molar-refractivity contribution in [3.05, 3.63) is 36.4 Å². The average Bonchev–Trinajstić information content (AvgIpc) is 2.68. The lowest BCUT2D eigenvalue weighted by molar-refractivity contribution is -0.123. The summed E-state index contributed by atoms with van der Waals surface area (Å²) in [7, 11) is 1.70. The molecule has 0 aliphatic carbocycles. The molecule has 0 bridgehead atoms. The van der Waals surface area contributed by atoms with Crippen molar-refractivity contribution in [1.82, 2.24) is 10.2 Å². The number of carbonyl (C=O) groups is 1. The number of hydrogen-bond acceptors (Lipinski definition) is 6. The molecule has 1 amide bonds. The first kappa shape index (κ1) is 18.9. The SMILES string of the molecule is COc1ccccc1N1CCN(c2ccc(NC(=O)C(C)(C)C)nn2)CC1. The van der Waals surface area contributed by atoms with Gasteiger partial charge in [-0.3, -0.25) is 4.79 Å². The predicted molar refractivity (Wildman–Crippen MR) is 108 cm³/mol.